The van der Waals surface area contributed by atoms with Crippen LogP contribution in [-0.4, -0.2) is 18.8 Å². The Morgan fingerprint density at radius 3 is 2.60 bits per heavy atom. The second-order valence-electron chi connectivity index (χ2n) is 4.65. The van der Waals surface area contributed by atoms with E-state index in [4.69, 9.17) is 16.3 Å². The van der Waals surface area contributed by atoms with Gasteiger partial charge in [0.25, 0.3) is 0 Å². The van der Waals surface area contributed by atoms with Crippen molar-refractivity contribution in [1.82, 2.24) is 5.32 Å². The number of hydrogen-bond acceptors (Lipinski definition) is 2. The fourth-order valence-electron chi connectivity index (χ4n) is 1.86. The monoisotopic (exact) mass is 225 g/mol. The third-order valence-corrected chi connectivity index (χ3v) is 2.84. The highest BCUT2D eigenvalue weighted by atomic mass is 35.5. The first-order chi connectivity index (χ1) is 7.07. The van der Waals surface area contributed by atoms with E-state index in [-0.39, 0.29) is 11.6 Å². The average molecular weight is 226 g/mol. The SMILES string of the molecule is CC1(C)COCC(c2ccc(Cl)cc2)N1. The summed E-state index contributed by atoms with van der Waals surface area (Å²) in [5, 5.41) is 4.33. The Kier molecular flexibility index (Phi) is 3.01. The van der Waals surface area contributed by atoms with Crippen molar-refractivity contribution in [1.29, 1.82) is 0 Å². The number of benzene rings is 1. The van der Waals surface area contributed by atoms with Crippen molar-refractivity contribution in [3.8, 4) is 0 Å². The van der Waals surface area contributed by atoms with Crippen LogP contribution in [0.15, 0.2) is 24.3 Å². The Bertz CT molecular complexity index is 334. The van der Waals surface area contributed by atoms with Gasteiger partial charge in [-0.1, -0.05) is 23.7 Å². The predicted octanol–water partition coefficient (Wildman–Crippen LogP) is 2.78. The van der Waals surface area contributed by atoms with E-state index in [2.05, 4.69) is 19.2 Å². The van der Waals surface area contributed by atoms with E-state index < -0.39 is 0 Å². The van der Waals surface area contributed by atoms with Gasteiger partial charge in [0.05, 0.1) is 19.3 Å². The van der Waals surface area contributed by atoms with Crippen molar-refractivity contribution in [2.45, 2.75) is 25.4 Å². The summed E-state index contributed by atoms with van der Waals surface area (Å²) in [6.07, 6.45) is 0. The molecule has 1 fully saturated rings. The van der Waals surface area contributed by atoms with Crippen LogP contribution >= 0.6 is 11.6 Å². The van der Waals surface area contributed by atoms with E-state index >= 15 is 0 Å². The standard InChI is InChI=1S/C12H16ClNO/c1-12(2)8-15-7-11(14-12)9-3-5-10(13)6-4-9/h3-6,11,14H,7-8H2,1-2H3. The molecule has 15 heavy (non-hydrogen) atoms. The lowest BCUT2D eigenvalue weighted by Gasteiger charge is -2.37. The fraction of sp³-hybridized carbons (Fsp3) is 0.500. The van der Waals surface area contributed by atoms with Gasteiger partial charge in [0.2, 0.25) is 0 Å². The van der Waals surface area contributed by atoms with Gasteiger partial charge in [0.1, 0.15) is 0 Å². The molecule has 1 aliphatic heterocycles. The molecule has 0 radical (unpaired) electrons. The van der Waals surface area contributed by atoms with Crippen molar-refractivity contribution < 1.29 is 4.74 Å². The maximum Gasteiger partial charge on any atom is 0.0662 e. The second kappa shape index (κ2) is 4.12. The molecule has 2 rings (SSSR count). The van der Waals surface area contributed by atoms with Crippen LogP contribution in [0.4, 0.5) is 0 Å². The molecule has 82 valence electrons. The molecule has 1 aromatic rings. The number of nitrogens with one attached hydrogen (secondary N) is 1. The summed E-state index contributed by atoms with van der Waals surface area (Å²) in [5.74, 6) is 0. The highest BCUT2D eigenvalue weighted by Crippen LogP contribution is 2.23. The van der Waals surface area contributed by atoms with Gasteiger partial charge in [0.15, 0.2) is 0 Å². The molecule has 0 aromatic heterocycles. The van der Waals surface area contributed by atoms with Gasteiger partial charge < -0.3 is 10.1 Å². The smallest absolute Gasteiger partial charge is 0.0662 e. The molecular weight excluding hydrogens is 210 g/mol. The topological polar surface area (TPSA) is 21.3 Å². The molecule has 0 aliphatic carbocycles. The molecule has 0 spiro atoms. The van der Waals surface area contributed by atoms with E-state index in [0.29, 0.717) is 0 Å². The molecule has 1 N–H and O–H groups in total. The second-order valence-corrected chi connectivity index (χ2v) is 5.08. The molecule has 0 bridgehead atoms. The van der Waals surface area contributed by atoms with Crippen molar-refractivity contribution in [2.24, 2.45) is 0 Å². The van der Waals surface area contributed by atoms with Crippen molar-refractivity contribution >= 4 is 11.6 Å². The minimum atomic E-state index is 0.0442. The summed E-state index contributed by atoms with van der Waals surface area (Å²) in [6, 6.07) is 8.20. The van der Waals surface area contributed by atoms with E-state index in [0.717, 1.165) is 18.2 Å². The van der Waals surface area contributed by atoms with Crippen LogP contribution in [0, 0.1) is 0 Å². The minimum absolute atomic E-state index is 0.0442. The molecule has 0 amide bonds. The van der Waals surface area contributed by atoms with E-state index in [1.54, 1.807) is 0 Å². The molecule has 2 nitrogen and oxygen atoms in total. The number of ether oxygens (including phenoxy) is 1. The van der Waals surface area contributed by atoms with Gasteiger partial charge in [-0.3, -0.25) is 0 Å². The summed E-state index contributed by atoms with van der Waals surface area (Å²) in [6.45, 7) is 5.78. The lowest BCUT2D eigenvalue weighted by molar-refractivity contribution is 0.0127. The van der Waals surface area contributed by atoms with Gasteiger partial charge in [-0.05, 0) is 31.5 Å². The Morgan fingerprint density at radius 2 is 2.00 bits per heavy atom. The summed E-state index contributed by atoms with van der Waals surface area (Å²) >= 11 is 5.85. The first kappa shape index (κ1) is 10.9. The van der Waals surface area contributed by atoms with Gasteiger partial charge in [-0.15, -0.1) is 0 Å². The average Bonchev–Trinajstić information content (AvgIpc) is 2.17. The zero-order valence-electron chi connectivity index (χ0n) is 9.09. The van der Waals surface area contributed by atoms with Crippen molar-refractivity contribution in [2.75, 3.05) is 13.2 Å². The van der Waals surface area contributed by atoms with Gasteiger partial charge in [0, 0.05) is 10.6 Å². The maximum absolute atomic E-state index is 5.85. The highest BCUT2D eigenvalue weighted by Gasteiger charge is 2.28. The third-order valence-electron chi connectivity index (χ3n) is 2.58. The van der Waals surface area contributed by atoms with Crippen LogP contribution in [0.3, 0.4) is 0 Å². The molecule has 1 unspecified atom stereocenters. The number of hydrogen-bond donors (Lipinski definition) is 1. The number of morpholine rings is 1. The summed E-state index contributed by atoms with van der Waals surface area (Å²) in [4.78, 5) is 0. The molecule has 1 aliphatic rings. The third kappa shape index (κ3) is 2.71. The lowest BCUT2D eigenvalue weighted by Crippen LogP contribution is -2.51. The van der Waals surface area contributed by atoms with Crippen LogP contribution in [0.25, 0.3) is 0 Å². The van der Waals surface area contributed by atoms with Crippen LogP contribution in [0.1, 0.15) is 25.5 Å². The summed E-state index contributed by atoms with van der Waals surface area (Å²) in [5.41, 5.74) is 1.27. The molecule has 3 heteroatoms. The Labute approximate surface area is 95.6 Å². The predicted molar refractivity (Wildman–Crippen MR) is 62.2 cm³/mol. The Morgan fingerprint density at radius 1 is 1.33 bits per heavy atom. The minimum Gasteiger partial charge on any atom is -0.378 e. The molecule has 1 aromatic carbocycles. The summed E-state index contributed by atoms with van der Waals surface area (Å²) in [7, 11) is 0. The quantitative estimate of drug-likeness (QED) is 0.794. The van der Waals surface area contributed by atoms with Gasteiger partial charge in [-0.25, -0.2) is 0 Å². The Hall–Kier alpha value is -0.570. The summed E-state index contributed by atoms with van der Waals surface area (Å²) < 4.78 is 5.59. The first-order valence-electron chi connectivity index (χ1n) is 5.18. The van der Waals surface area contributed by atoms with Gasteiger partial charge >= 0.3 is 0 Å². The number of halogens is 1. The van der Waals surface area contributed by atoms with E-state index in [9.17, 15) is 0 Å². The van der Waals surface area contributed by atoms with Crippen LogP contribution in [-0.2, 0) is 4.74 Å². The molecule has 1 atom stereocenters. The van der Waals surface area contributed by atoms with E-state index in [1.165, 1.54) is 5.56 Å². The molecule has 1 heterocycles. The van der Waals surface area contributed by atoms with Crippen LogP contribution in [0.2, 0.25) is 5.02 Å². The highest BCUT2D eigenvalue weighted by molar-refractivity contribution is 6.30. The van der Waals surface area contributed by atoms with Crippen LogP contribution in [0.5, 0.6) is 0 Å². The van der Waals surface area contributed by atoms with Crippen LogP contribution < -0.4 is 5.32 Å². The van der Waals surface area contributed by atoms with Crippen molar-refractivity contribution in [3.63, 3.8) is 0 Å². The fourth-order valence-corrected chi connectivity index (χ4v) is 1.99. The first-order valence-corrected chi connectivity index (χ1v) is 5.55. The zero-order valence-corrected chi connectivity index (χ0v) is 9.84. The number of rotatable bonds is 1. The largest absolute Gasteiger partial charge is 0.378 e. The zero-order chi connectivity index (χ0) is 10.9. The van der Waals surface area contributed by atoms with E-state index in [1.807, 2.05) is 24.3 Å². The van der Waals surface area contributed by atoms with Gasteiger partial charge in [-0.2, -0.15) is 0 Å². The molecule has 0 saturated carbocycles. The Balaban J connectivity index is 2.13. The maximum atomic E-state index is 5.85. The van der Waals surface area contributed by atoms with Crippen molar-refractivity contribution in [3.05, 3.63) is 34.9 Å². The molecular formula is C12H16ClNO. The molecule has 1 saturated heterocycles. The normalized spacial score (nSPS) is 25.1. The lowest BCUT2D eigenvalue weighted by atomic mass is 9.99.